The van der Waals surface area contributed by atoms with Gasteiger partial charge in [-0.1, -0.05) is 42.5 Å². The summed E-state index contributed by atoms with van der Waals surface area (Å²) in [4.78, 5) is 42.0. The van der Waals surface area contributed by atoms with Crippen molar-refractivity contribution in [2.24, 2.45) is 11.3 Å². The van der Waals surface area contributed by atoms with Gasteiger partial charge in [-0.25, -0.2) is 0 Å². The molecule has 8 nitrogen and oxygen atoms in total. The average Bonchev–Trinajstić information content (AvgIpc) is 2.96. The molecular weight excluding hydrogens is 496 g/mol. The maximum atomic E-state index is 13.9. The summed E-state index contributed by atoms with van der Waals surface area (Å²) in [5.74, 6) is -0.0170. The zero-order chi connectivity index (χ0) is 27.8. The van der Waals surface area contributed by atoms with Gasteiger partial charge in [0.25, 0.3) is 0 Å². The Morgan fingerprint density at radius 1 is 1.05 bits per heavy atom. The highest BCUT2D eigenvalue weighted by Gasteiger charge is 2.54. The normalized spacial score (nSPS) is 20.5. The highest BCUT2D eigenvalue weighted by atomic mass is 16.5. The van der Waals surface area contributed by atoms with Gasteiger partial charge in [-0.2, -0.15) is 0 Å². The van der Waals surface area contributed by atoms with Crippen LogP contribution in [0.25, 0.3) is 0 Å². The van der Waals surface area contributed by atoms with E-state index in [-0.39, 0.29) is 37.2 Å². The molecule has 2 aromatic rings. The van der Waals surface area contributed by atoms with Crippen LogP contribution in [0.1, 0.15) is 50.2 Å². The summed E-state index contributed by atoms with van der Waals surface area (Å²) in [6.07, 6.45) is 5.08. The predicted molar refractivity (Wildman–Crippen MR) is 147 cm³/mol. The van der Waals surface area contributed by atoms with Crippen LogP contribution >= 0.6 is 0 Å². The first kappa shape index (κ1) is 28.2. The van der Waals surface area contributed by atoms with Crippen molar-refractivity contribution in [3.63, 3.8) is 0 Å². The fourth-order valence-electron chi connectivity index (χ4n) is 5.71. The molecule has 1 N–H and O–H groups in total. The largest absolute Gasteiger partial charge is 0.493 e. The third-order valence-electron chi connectivity index (χ3n) is 7.64. The first-order valence-electron chi connectivity index (χ1n) is 13.6. The third kappa shape index (κ3) is 6.27. The van der Waals surface area contributed by atoms with Crippen LogP contribution in [0.2, 0.25) is 0 Å². The van der Waals surface area contributed by atoms with Gasteiger partial charge in [0.1, 0.15) is 5.41 Å². The Balaban J connectivity index is 1.57. The van der Waals surface area contributed by atoms with Crippen LogP contribution in [0.3, 0.4) is 0 Å². The first-order chi connectivity index (χ1) is 18.9. The number of carbonyl (C=O) groups excluding carboxylic acids is 3. The van der Waals surface area contributed by atoms with E-state index < -0.39 is 11.3 Å². The topological polar surface area (TPSA) is 94.2 Å². The molecule has 2 aliphatic rings. The summed E-state index contributed by atoms with van der Waals surface area (Å²) < 4.78 is 16.3. The summed E-state index contributed by atoms with van der Waals surface area (Å²) >= 11 is 0. The van der Waals surface area contributed by atoms with E-state index in [0.717, 1.165) is 29.7 Å². The van der Waals surface area contributed by atoms with Crippen molar-refractivity contribution in [1.82, 2.24) is 10.2 Å². The van der Waals surface area contributed by atoms with Gasteiger partial charge in [-0.3, -0.25) is 14.4 Å². The highest BCUT2D eigenvalue weighted by Crippen LogP contribution is 2.50. The standard InChI is InChI=1S/C31H38N2O6/c1-4-39-30(36)31-16-9-8-12-27(31)33(17-15-22-13-14-25(37-2)26(18-22)38-3)29(35)24(20-31)19-28(34)32-21-23-10-6-5-7-11-23/h5-7,10-14,18,24H,4,8-9,15-17,19-21H2,1-3H3,(H,32,34)/t24-,31+/m1/s1. The summed E-state index contributed by atoms with van der Waals surface area (Å²) in [5.41, 5.74) is 1.75. The van der Waals surface area contributed by atoms with Crippen molar-refractivity contribution in [1.29, 1.82) is 0 Å². The van der Waals surface area contributed by atoms with E-state index in [9.17, 15) is 14.4 Å². The van der Waals surface area contributed by atoms with E-state index in [1.807, 2.05) is 54.6 Å². The molecule has 2 atom stereocenters. The lowest BCUT2D eigenvalue weighted by atomic mass is 9.66. The molecule has 1 aliphatic heterocycles. The van der Waals surface area contributed by atoms with Gasteiger partial charge in [0.05, 0.1) is 20.8 Å². The summed E-state index contributed by atoms with van der Waals surface area (Å²) in [6.45, 7) is 2.81. The number of likely N-dealkylation sites (tertiary alicyclic amines) is 1. The number of fused-ring (bicyclic) bond motifs is 1. The molecule has 0 spiro atoms. The second kappa shape index (κ2) is 12.8. The van der Waals surface area contributed by atoms with Crippen LogP contribution in [-0.2, 0) is 32.1 Å². The lowest BCUT2D eigenvalue weighted by molar-refractivity contribution is -0.162. The minimum Gasteiger partial charge on any atom is -0.493 e. The Hall–Kier alpha value is -3.81. The number of ether oxygens (including phenoxy) is 3. The van der Waals surface area contributed by atoms with Crippen molar-refractivity contribution >= 4 is 17.8 Å². The monoisotopic (exact) mass is 534 g/mol. The van der Waals surface area contributed by atoms with Crippen molar-refractivity contribution in [2.75, 3.05) is 27.4 Å². The average molecular weight is 535 g/mol. The molecule has 1 heterocycles. The zero-order valence-electron chi connectivity index (χ0n) is 23.0. The number of carbonyl (C=O) groups is 3. The lowest BCUT2D eigenvalue weighted by Gasteiger charge is -2.48. The Morgan fingerprint density at radius 2 is 1.82 bits per heavy atom. The molecule has 0 unspecified atom stereocenters. The van der Waals surface area contributed by atoms with E-state index in [1.165, 1.54) is 0 Å². The maximum Gasteiger partial charge on any atom is 0.318 e. The minimum absolute atomic E-state index is 0.0208. The fourth-order valence-corrected chi connectivity index (χ4v) is 5.71. The molecule has 208 valence electrons. The number of esters is 1. The molecule has 0 radical (unpaired) electrons. The van der Waals surface area contributed by atoms with Crippen LogP contribution in [0, 0.1) is 11.3 Å². The summed E-state index contributed by atoms with van der Waals surface area (Å²) in [7, 11) is 3.17. The van der Waals surface area contributed by atoms with Gasteiger partial charge in [-0.05, 0) is 62.3 Å². The smallest absolute Gasteiger partial charge is 0.318 e. The van der Waals surface area contributed by atoms with Gasteiger partial charge in [0.2, 0.25) is 11.8 Å². The van der Waals surface area contributed by atoms with Crippen molar-refractivity contribution in [3.05, 3.63) is 71.4 Å². The second-order valence-electron chi connectivity index (χ2n) is 10.1. The van der Waals surface area contributed by atoms with Gasteiger partial charge >= 0.3 is 5.97 Å². The SMILES string of the molecule is CCOC(=O)[C@]12CCCC=C1N(CCc1ccc(OC)c(OC)c1)C(=O)[C@H](CC(=O)NCc1ccccc1)C2. The van der Waals surface area contributed by atoms with E-state index in [0.29, 0.717) is 37.4 Å². The van der Waals surface area contributed by atoms with Crippen LogP contribution in [0.15, 0.2) is 60.3 Å². The molecule has 0 bridgehead atoms. The molecule has 2 amide bonds. The van der Waals surface area contributed by atoms with Crippen molar-refractivity contribution in [2.45, 2.75) is 52.0 Å². The van der Waals surface area contributed by atoms with Crippen molar-refractivity contribution in [3.8, 4) is 11.5 Å². The van der Waals surface area contributed by atoms with E-state index in [4.69, 9.17) is 14.2 Å². The number of allylic oxidation sites excluding steroid dienone is 1. The molecule has 39 heavy (non-hydrogen) atoms. The van der Waals surface area contributed by atoms with Crippen LogP contribution < -0.4 is 14.8 Å². The Morgan fingerprint density at radius 3 is 2.54 bits per heavy atom. The van der Waals surface area contributed by atoms with Gasteiger partial charge in [0, 0.05) is 31.1 Å². The van der Waals surface area contributed by atoms with Gasteiger partial charge < -0.3 is 24.4 Å². The number of hydrogen-bond donors (Lipinski definition) is 1. The molecule has 1 aliphatic carbocycles. The summed E-state index contributed by atoms with van der Waals surface area (Å²) in [5, 5.41) is 2.94. The molecule has 1 saturated heterocycles. The Bertz CT molecular complexity index is 1210. The molecule has 1 fully saturated rings. The number of piperidine rings is 1. The lowest BCUT2D eigenvalue weighted by Crippen LogP contribution is -2.54. The molecule has 0 saturated carbocycles. The number of amides is 2. The number of methoxy groups -OCH3 is 2. The second-order valence-corrected chi connectivity index (χ2v) is 10.1. The van der Waals surface area contributed by atoms with Crippen LogP contribution in [0.4, 0.5) is 0 Å². The van der Waals surface area contributed by atoms with E-state index >= 15 is 0 Å². The number of benzene rings is 2. The van der Waals surface area contributed by atoms with Crippen LogP contribution in [-0.4, -0.2) is 50.1 Å². The van der Waals surface area contributed by atoms with Crippen molar-refractivity contribution < 1.29 is 28.6 Å². The molecule has 8 heteroatoms. The van der Waals surface area contributed by atoms with Gasteiger partial charge in [0.15, 0.2) is 11.5 Å². The minimum atomic E-state index is -0.926. The molecule has 4 rings (SSSR count). The van der Waals surface area contributed by atoms with E-state index in [2.05, 4.69) is 5.32 Å². The molecule has 0 aromatic heterocycles. The highest BCUT2D eigenvalue weighted by molar-refractivity contribution is 5.92. The molecule has 2 aromatic carbocycles. The first-order valence-corrected chi connectivity index (χ1v) is 13.6. The Labute approximate surface area is 230 Å². The summed E-state index contributed by atoms with van der Waals surface area (Å²) in [6, 6.07) is 15.3. The number of hydrogen-bond acceptors (Lipinski definition) is 6. The number of nitrogens with one attached hydrogen (secondary N) is 1. The van der Waals surface area contributed by atoms with E-state index in [1.54, 1.807) is 26.0 Å². The zero-order valence-corrected chi connectivity index (χ0v) is 23.0. The quantitative estimate of drug-likeness (QED) is 0.429. The predicted octanol–water partition coefficient (Wildman–Crippen LogP) is 4.42. The van der Waals surface area contributed by atoms with Gasteiger partial charge in [-0.15, -0.1) is 0 Å². The Kier molecular flexibility index (Phi) is 9.28. The maximum absolute atomic E-state index is 13.9. The third-order valence-corrected chi connectivity index (χ3v) is 7.64. The fraction of sp³-hybridized carbons (Fsp3) is 0.452. The molecular formula is C31H38N2O6. The van der Waals surface area contributed by atoms with Crippen LogP contribution in [0.5, 0.6) is 11.5 Å². The number of rotatable bonds is 11. The number of nitrogens with zero attached hydrogens (tertiary/aromatic N) is 1.